The van der Waals surface area contributed by atoms with E-state index in [4.69, 9.17) is 14.2 Å². The fraction of sp³-hybridized carbons (Fsp3) is 0.579. The smallest absolute Gasteiger partial charge is 0.416 e. The molecule has 6 heteroatoms. The largest absolute Gasteiger partial charge is 0.447 e. The Morgan fingerprint density at radius 1 is 1.20 bits per heavy atom. The SMILES string of the molecule is CC1(CCCCC(=O)N2C(=O)OCC2Cc2ccccc2)OCCO1. The van der Waals surface area contributed by atoms with Gasteiger partial charge in [-0.15, -0.1) is 0 Å². The van der Waals surface area contributed by atoms with Gasteiger partial charge in [-0.05, 0) is 31.7 Å². The van der Waals surface area contributed by atoms with E-state index >= 15 is 0 Å². The summed E-state index contributed by atoms with van der Waals surface area (Å²) in [6, 6.07) is 9.61. The summed E-state index contributed by atoms with van der Waals surface area (Å²) in [6.07, 6.45) is 2.69. The lowest BCUT2D eigenvalue weighted by molar-refractivity contribution is -0.148. The average molecular weight is 347 g/mol. The van der Waals surface area contributed by atoms with Crippen LogP contribution in [0.1, 0.15) is 38.2 Å². The van der Waals surface area contributed by atoms with Crippen molar-refractivity contribution in [3.05, 3.63) is 35.9 Å². The molecule has 0 spiro atoms. The first-order chi connectivity index (χ1) is 12.1. The van der Waals surface area contributed by atoms with Crippen LogP contribution in [0.5, 0.6) is 0 Å². The highest BCUT2D eigenvalue weighted by Gasteiger charge is 2.37. The van der Waals surface area contributed by atoms with Crippen LogP contribution in [-0.2, 0) is 25.4 Å². The minimum Gasteiger partial charge on any atom is -0.447 e. The number of benzene rings is 1. The molecule has 1 atom stereocenters. The van der Waals surface area contributed by atoms with Crippen LogP contribution in [0.25, 0.3) is 0 Å². The maximum Gasteiger partial charge on any atom is 0.416 e. The summed E-state index contributed by atoms with van der Waals surface area (Å²) in [7, 11) is 0. The second-order valence-corrected chi connectivity index (χ2v) is 6.72. The van der Waals surface area contributed by atoms with Crippen LogP contribution in [0, 0.1) is 0 Å². The van der Waals surface area contributed by atoms with Gasteiger partial charge in [-0.3, -0.25) is 4.79 Å². The predicted molar refractivity (Wildman–Crippen MR) is 90.9 cm³/mol. The first-order valence-corrected chi connectivity index (χ1v) is 8.88. The molecule has 3 rings (SSSR count). The number of carbonyl (C=O) groups excluding carboxylic acids is 2. The Bertz CT molecular complexity index is 597. The van der Waals surface area contributed by atoms with Crippen LogP contribution < -0.4 is 0 Å². The Morgan fingerprint density at radius 3 is 2.64 bits per heavy atom. The molecule has 2 amide bonds. The van der Waals surface area contributed by atoms with Gasteiger partial charge in [-0.2, -0.15) is 0 Å². The quantitative estimate of drug-likeness (QED) is 0.710. The number of imide groups is 1. The average Bonchev–Trinajstić information content (AvgIpc) is 3.19. The third-order valence-corrected chi connectivity index (χ3v) is 4.71. The minimum absolute atomic E-state index is 0.165. The highest BCUT2D eigenvalue weighted by molar-refractivity contribution is 5.93. The molecule has 2 fully saturated rings. The van der Waals surface area contributed by atoms with Crippen molar-refractivity contribution in [3.8, 4) is 0 Å². The van der Waals surface area contributed by atoms with Gasteiger partial charge >= 0.3 is 6.09 Å². The molecule has 0 saturated carbocycles. The summed E-state index contributed by atoms with van der Waals surface area (Å²) < 4.78 is 16.2. The van der Waals surface area contributed by atoms with Crippen molar-refractivity contribution < 1.29 is 23.8 Å². The number of rotatable bonds is 7. The number of amides is 2. The molecule has 2 heterocycles. The van der Waals surface area contributed by atoms with Crippen LogP contribution in [0.2, 0.25) is 0 Å². The molecule has 0 radical (unpaired) electrons. The third-order valence-electron chi connectivity index (χ3n) is 4.71. The van der Waals surface area contributed by atoms with E-state index in [1.807, 2.05) is 37.3 Å². The van der Waals surface area contributed by atoms with Crippen LogP contribution in [0.3, 0.4) is 0 Å². The maximum absolute atomic E-state index is 12.5. The molecule has 2 aliphatic rings. The second kappa shape index (κ2) is 7.97. The van der Waals surface area contributed by atoms with E-state index in [0.29, 0.717) is 32.5 Å². The molecule has 0 N–H and O–H groups in total. The molecule has 0 aromatic heterocycles. The zero-order valence-electron chi connectivity index (χ0n) is 14.6. The number of hydrogen-bond acceptors (Lipinski definition) is 5. The lowest BCUT2D eigenvalue weighted by Crippen LogP contribution is -2.40. The van der Waals surface area contributed by atoms with Crippen molar-refractivity contribution in [2.45, 2.75) is 50.9 Å². The Kier molecular flexibility index (Phi) is 5.71. The molecule has 1 unspecified atom stereocenters. The molecule has 0 bridgehead atoms. The summed E-state index contributed by atoms with van der Waals surface area (Å²) in [4.78, 5) is 25.7. The summed E-state index contributed by atoms with van der Waals surface area (Å²) >= 11 is 0. The summed E-state index contributed by atoms with van der Waals surface area (Å²) in [5.41, 5.74) is 1.09. The van der Waals surface area contributed by atoms with Gasteiger partial charge in [0.1, 0.15) is 6.61 Å². The lowest BCUT2D eigenvalue weighted by atomic mass is 10.0. The molecular weight excluding hydrogens is 322 g/mol. The van der Waals surface area contributed by atoms with Crippen molar-refractivity contribution in [2.24, 2.45) is 0 Å². The molecule has 2 aliphatic heterocycles. The molecule has 25 heavy (non-hydrogen) atoms. The van der Waals surface area contributed by atoms with E-state index in [-0.39, 0.29) is 18.6 Å². The molecule has 2 saturated heterocycles. The van der Waals surface area contributed by atoms with Crippen LogP contribution in [-0.4, -0.2) is 48.5 Å². The van der Waals surface area contributed by atoms with E-state index < -0.39 is 11.9 Å². The van der Waals surface area contributed by atoms with E-state index in [9.17, 15) is 9.59 Å². The number of nitrogens with zero attached hydrogens (tertiary/aromatic N) is 1. The summed E-state index contributed by atoms with van der Waals surface area (Å²) in [6.45, 7) is 3.43. The highest BCUT2D eigenvalue weighted by Crippen LogP contribution is 2.25. The monoisotopic (exact) mass is 347 g/mol. The van der Waals surface area contributed by atoms with Crippen LogP contribution in [0.15, 0.2) is 30.3 Å². The number of ether oxygens (including phenoxy) is 3. The van der Waals surface area contributed by atoms with Gasteiger partial charge in [0.25, 0.3) is 0 Å². The van der Waals surface area contributed by atoms with E-state index in [1.165, 1.54) is 4.90 Å². The standard InChI is InChI=1S/C19H25NO5/c1-19(24-11-12-25-19)10-6-5-9-17(21)20-16(14-23-18(20)22)13-15-7-3-2-4-8-15/h2-4,7-8,16H,5-6,9-14H2,1H3. The third kappa shape index (κ3) is 4.58. The normalized spacial score (nSPS) is 22.2. The van der Waals surface area contributed by atoms with Gasteiger partial charge in [0, 0.05) is 12.8 Å². The minimum atomic E-state index is -0.527. The van der Waals surface area contributed by atoms with E-state index in [2.05, 4.69) is 0 Å². The second-order valence-electron chi connectivity index (χ2n) is 6.72. The van der Waals surface area contributed by atoms with Crippen molar-refractivity contribution in [1.82, 2.24) is 4.90 Å². The van der Waals surface area contributed by atoms with Gasteiger partial charge < -0.3 is 14.2 Å². The molecule has 6 nitrogen and oxygen atoms in total. The van der Waals surface area contributed by atoms with Crippen molar-refractivity contribution in [3.63, 3.8) is 0 Å². The first kappa shape index (κ1) is 17.9. The van der Waals surface area contributed by atoms with Crippen molar-refractivity contribution in [2.75, 3.05) is 19.8 Å². The van der Waals surface area contributed by atoms with Gasteiger partial charge in [0.15, 0.2) is 5.79 Å². The number of hydrogen-bond donors (Lipinski definition) is 0. The maximum atomic E-state index is 12.5. The topological polar surface area (TPSA) is 65.1 Å². The van der Waals surface area contributed by atoms with Gasteiger partial charge in [0.05, 0.1) is 19.3 Å². The fourth-order valence-electron chi connectivity index (χ4n) is 3.35. The number of unbranched alkanes of at least 4 members (excludes halogenated alkanes) is 1. The molecule has 136 valence electrons. The zero-order valence-corrected chi connectivity index (χ0v) is 14.6. The van der Waals surface area contributed by atoms with Gasteiger partial charge in [0.2, 0.25) is 5.91 Å². The number of carbonyl (C=O) groups is 2. The van der Waals surface area contributed by atoms with E-state index in [0.717, 1.165) is 18.4 Å². The van der Waals surface area contributed by atoms with Gasteiger partial charge in [-0.25, -0.2) is 9.69 Å². The highest BCUT2D eigenvalue weighted by atomic mass is 16.7. The lowest BCUT2D eigenvalue weighted by Gasteiger charge is -2.22. The summed E-state index contributed by atoms with van der Waals surface area (Å²) in [5, 5.41) is 0. The Labute approximate surface area is 148 Å². The van der Waals surface area contributed by atoms with Gasteiger partial charge in [-0.1, -0.05) is 30.3 Å². The van der Waals surface area contributed by atoms with Crippen LogP contribution in [0.4, 0.5) is 4.79 Å². The Balaban J connectivity index is 1.48. The molecule has 1 aromatic rings. The molecule has 0 aliphatic carbocycles. The zero-order chi connectivity index (χ0) is 17.7. The van der Waals surface area contributed by atoms with Crippen LogP contribution >= 0.6 is 0 Å². The Hall–Kier alpha value is -1.92. The molecular formula is C19H25NO5. The first-order valence-electron chi connectivity index (χ1n) is 8.88. The fourth-order valence-corrected chi connectivity index (χ4v) is 3.35. The van der Waals surface area contributed by atoms with Crippen molar-refractivity contribution >= 4 is 12.0 Å². The summed E-state index contributed by atoms with van der Waals surface area (Å²) in [5.74, 6) is -0.687. The predicted octanol–water partition coefficient (Wildman–Crippen LogP) is 2.90. The Morgan fingerprint density at radius 2 is 1.92 bits per heavy atom. The number of cyclic esters (lactones) is 1. The molecule has 1 aromatic carbocycles. The van der Waals surface area contributed by atoms with Crippen molar-refractivity contribution in [1.29, 1.82) is 0 Å². The van der Waals surface area contributed by atoms with E-state index in [1.54, 1.807) is 0 Å².